The summed E-state index contributed by atoms with van der Waals surface area (Å²) in [6.45, 7) is 2.93. The molecule has 0 aliphatic heterocycles. The third-order valence-electron chi connectivity index (χ3n) is 4.78. The Morgan fingerprint density at radius 2 is 1.47 bits per heavy atom. The van der Waals surface area contributed by atoms with Crippen LogP contribution in [0.25, 0.3) is 0 Å². The molecule has 0 aliphatic rings. The van der Waals surface area contributed by atoms with Gasteiger partial charge in [-0.3, -0.25) is 4.79 Å². The molecule has 0 heterocycles. The summed E-state index contributed by atoms with van der Waals surface area (Å²) in [4.78, 5) is 12.7. The van der Waals surface area contributed by atoms with Gasteiger partial charge in [0, 0.05) is 12.1 Å². The molecular weight excluding hydrogens is 398 g/mol. The van der Waals surface area contributed by atoms with E-state index in [4.69, 9.17) is 4.74 Å². The zero-order chi connectivity index (χ0) is 21.4. The van der Waals surface area contributed by atoms with Crippen LogP contribution in [0.2, 0.25) is 0 Å². The minimum atomic E-state index is -3.28. The molecule has 3 aromatic rings. The fourth-order valence-corrected chi connectivity index (χ4v) is 3.87. The zero-order valence-electron chi connectivity index (χ0n) is 16.9. The lowest BCUT2D eigenvalue weighted by atomic mass is 10.1. The molecule has 0 radical (unpaired) electrons. The van der Waals surface area contributed by atoms with Crippen molar-refractivity contribution in [2.45, 2.75) is 31.6 Å². The van der Waals surface area contributed by atoms with Gasteiger partial charge in [-0.25, -0.2) is 8.42 Å². The number of ether oxygens (including phenoxy) is 1. The number of amides is 1. The molecule has 0 saturated heterocycles. The molecular formula is C24H25NO4S. The standard InChI is InChI=1S/C24H25NO4S/c1-2-30(27,28)23-14-12-20(13-15-23)24(26)25-16-21-10-6-7-11-22(21)18-29-17-19-8-4-3-5-9-19/h3-15H,2,16-18H2,1H3,(H,25,26). The van der Waals surface area contributed by atoms with Gasteiger partial charge in [0.2, 0.25) is 0 Å². The molecule has 0 aromatic heterocycles. The summed E-state index contributed by atoms with van der Waals surface area (Å²) in [6, 6.07) is 23.8. The Hall–Kier alpha value is -2.96. The number of sulfone groups is 1. The Labute approximate surface area is 177 Å². The number of carbonyl (C=O) groups excluding carboxylic acids is 1. The van der Waals surface area contributed by atoms with Crippen LogP contribution in [-0.4, -0.2) is 20.1 Å². The predicted octanol–water partition coefficient (Wildman–Crippen LogP) is 4.13. The molecule has 0 fully saturated rings. The Bertz CT molecular complexity index is 1080. The van der Waals surface area contributed by atoms with Crippen molar-refractivity contribution >= 4 is 15.7 Å². The summed E-state index contributed by atoms with van der Waals surface area (Å²) in [5, 5.41) is 2.89. The fraction of sp³-hybridized carbons (Fsp3) is 0.208. The van der Waals surface area contributed by atoms with Crippen LogP contribution < -0.4 is 5.32 Å². The lowest BCUT2D eigenvalue weighted by Gasteiger charge is -2.12. The van der Waals surface area contributed by atoms with Crippen molar-refractivity contribution in [3.8, 4) is 0 Å². The molecule has 1 amide bonds. The van der Waals surface area contributed by atoms with Crippen molar-refractivity contribution in [3.63, 3.8) is 0 Å². The molecule has 5 nitrogen and oxygen atoms in total. The Balaban J connectivity index is 1.58. The van der Waals surface area contributed by atoms with E-state index in [9.17, 15) is 13.2 Å². The Morgan fingerprint density at radius 1 is 0.833 bits per heavy atom. The quantitative estimate of drug-likeness (QED) is 0.562. The predicted molar refractivity (Wildman–Crippen MR) is 117 cm³/mol. The van der Waals surface area contributed by atoms with E-state index in [1.54, 1.807) is 6.92 Å². The molecule has 0 aliphatic carbocycles. The van der Waals surface area contributed by atoms with Gasteiger partial charge < -0.3 is 10.1 Å². The van der Waals surface area contributed by atoms with E-state index in [0.717, 1.165) is 16.7 Å². The average Bonchev–Trinajstić information content (AvgIpc) is 2.79. The highest BCUT2D eigenvalue weighted by atomic mass is 32.2. The molecule has 156 valence electrons. The maximum atomic E-state index is 12.5. The van der Waals surface area contributed by atoms with E-state index < -0.39 is 9.84 Å². The number of carbonyl (C=O) groups is 1. The summed E-state index contributed by atoms with van der Waals surface area (Å²) in [5.41, 5.74) is 3.52. The third-order valence-corrected chi connectivity index (χ3v) is 6.53. The molecule has 0 atom stereocenters. The van der Waals surface area contributed by atoms with E-state index in [1.807, 2.05) is 54.6 Å². The second kappa shape index (κ2) is 10.2. The molecule has 1 N–H and O–H groups in total. The highest BCUT2D eigenvalue weighted by Crippen LogP contribution is 2.14. The van der Waals surface area contributed by atoms with Crippen molar-refractivity contribution in [2.75, 3.05) is 5.75 Å². The molecule has 0 spiro atoms. The molecule has 30 heavy (non-hydrogen) atoms. The summed E-state index contributed by atoms with van der Waals surface area (Å²) < 4.78 is 29.6. The largest absolute Gasteiger partial charge is 0.372 e. The van der Waals surface area contributed by atoms with Gasteiger partial charge in [-0.1, -0.05) is 61.5 Å². The number of hydrogen-bond donors (Lipinski definition) is 1. The molecule has 0 bridgehead atoms. The maximum Gasteiger partial charge on any atom is 0.251 e. The monoisotopic (exact) mass is 423 g/mol. The van der Waals surface area contributed by atoms with E-state index in [-0.39, 0.29) is 16.6 Å². The first-order chi connectivity index (χ1) is 14.5. The maximum absolute atomic E-state index is 12.5. The third kappa shape index (κ3) is 5.78. The lowest BCUT2D eigenvalue weighted by Crippen LogP contribution is -2.23. The number of rotatable bonds is 9. The first-order valence-electron chi connectivity index (χ1n) is 9.79. The number of hydrogen-bond acceptors (Lipinski definition) is 4. The van der Waals surface area contributed by atoms with Gasteiger partial charge in [-0.05, 0) is 41.0 Å². The van der Waals surface area contributed by atoms with Crippen LogP contribution in [0.1, 0.15) is 34.0 Å². The second-order valence-electron chi connectivity index (χ2n) is 6.86. The Morgan fingerprint density at radius 3 is 2.13 bits per heavy atom. The van der Waals surface area contributed by atoms with E-state index in [2.05, 4.69) is 5.32 Å². The van der Waals surface area contributed by atoms with Crippen LogP contribution in [0, 0.1) is 0 Å². The summed E-state index contributed by atoms with van der Waals surface area (Å²) in [5.74, 6) is -0.225. The van der Waals surface area contributed by atoms with Crippen LogP contribution >= 0.6 is 0 Å². The van der Waals surface area contributed by atoms with Crippen molar-refractivity contribution < 1.29 is 17.9 Å². The minimum Gasteiger partial charge on any atom is -0.372 e. The molecule has 3 rings (SSSR count). The number of nitrogens with one attached hydrogen (secondary N) is 1. The van der Waals surface area contributed by atoms with E-state index in [1.165, 1.54) is 24.3 Å². The van der Waals surface area contributed by atoms with Gasteiger partial charge in [-0.2, -0.15) is 0 Å². The van der Waals surface area contributed by atoms with Gasteiger partial charge in [0.15, 0.2) is 9.84 Å². The van der Waals surface area contributed by atoms with Gasteiger partial charge in [0.05, 0.1) is 23.9 Å². The summed E-state index contributed by atoms with van der Waals surface area (Å²) >= 11 is 0. The average molecular weight is 424 g/mol. The molecule has 3 aromatic carbocycles. The SMILES string of the molecule is CCS(=O)(=O)c1ccc(C(=O)NCc2ccccc2COCc2ccccc2)cc1. The van der Waals surface area contributed by atoms with Crippen LogP contribution in [0.5, 0.6) is 0 Å². The summed E-state index contributed by atoms with van der Waals surface area (Å²) in [6.07, 6.45) is 0. The fourth-order valence-electron chi connectivity index (χ4n) is 2.98. The van der Waals surface area contributed by atoms with Crippen LogP contribution in [-0.2, 0) is 34.3 Å². The van der Waals surface area contributed by atoms with Gasteiger partial charge >= 0.3 is 0 Å². The second-order valence-corrected chi connectivity index (χ2v) is 9.14. The first-order valence-corrected chi connectivity index (χ1v) is 11.4. The van der Waals surface area contributed by atoms with Crippen molar-refractivity contribution in [1.82, 2.24) is 5.32 Å². The van der Waals surface area contributed by atoms with Gasteiger partial charge in [-0.15, -0.1) is 0 Å². The lowest BCUT2D eigenvalue weighted by molar-refractivity contribution is 0.0947. The van der Waals surface area contributed by atoms with Crippen LogP contribution in [0.3, 0.4) is 0 Å². The van der Waals surface area contributed by atoms with Crippen molar-refractivity contribution in [2.24, 2.45) is 0 Å². The van der Waals surface area contributed by atoms with Crippen LogP contribution in [0.4, 0.5) is 0 Å². The number of benzene rings is 3. The highest BCUT2D eigenvalue weighted by Gasteiger charge is 2.13. The smallest absolute Gasteiger partial charge is 0.251 e. The topological polar surface area (TPSA) is 72.5 Å². The molecule has 6 heteroatoms. The Kier molecular flexibility index (Phi) is 7.38. The van der Waals surface area contributed by atoms with E-state index >= 15 is 0 Å². The zero-order valence-corrected chi connectivity index (χ0v) is 17.7. The molecule has 0 saturated carbocycles. The van der Waals surface area contributed by atoms with Crippen molar-refractivity contribution in [1.29, 1.82) is 0 Å². The molecule has 0 unspecified atom stereocenters. The highest BCUT2D eigenvalue weighted by molar-refractivity contribution is 7.91. The van der Waals surface area contributed by atoms with Gasteiger partial charge in [0.1, 0.15) is 0 Å². The van der Waals surface area contributed by atoms with Crippen molar-refractivity contribution in [3.05, 3.63) is 101 Å². The van der Waals surface area contributed by atoms with E-state index in [0.29, 0.717) is 25.3 Å². The summed E-state index contributed by atoms with van der Waals surface area (Å²) in [7, 11) is -3.28. The van der Waals surface area contributed by atoms with Crippen LogP contribution in [0.15, 0.2) is 83.8 Å². The normalized spacial score (nSPS) is 11.2. The first kappa shape index (κ1) is 21.7. The van der Waals surface area contributed by atoms with Gasteiger partial charge in [0.25, 0.3) is 5.91 Å². The minimum absolute atomic E-state index is 0.0294.